The summed E-state index contributed by atoms with van der Waals surface area (Å²) in [5, 5.41) is 0. The summed E-state index contributed by atoms with van der Waals surface area (Å²) in [6, 6.07) is -0.441. The van der Waals surface area contributed by atoms with E-state index in [0.29, 0.717) is 24.9 Å². The number of hydrogen-bond donors (Lipinski definition) is 1. The first-order chi connectivity index (χ1) is 7.59. The van der Waals surface area contributed by atoms with Crippen LogP contribution in [-0.2, 0) is 9.53 Å². The second-order valence-electron chi connectivity index (χ2n) is 5.37. The zero-order valence-electron chi connectivity index (χ0n) is 10.6. The van der Waals surface area contributed by atoms with Crippen molar-refractivity contribution in [3.05, 3.63) is 0 Å². The number of esters is 1. The first-order valence-corrected chi connectivity index (χ1v) is 6.51. The molecule has 1 aliphatic carbocycles. The molecule has 0 aromatic carbocycles. The van der Waals surface area contributed by atoms with Crippen LogP contribution < -0.4 is 5.73 Å². The molecule has 0 amide bonds. The quantitative estimate of drug-likeness (QED) is 0.734. The van der Waals surface area contributed by atoms with E-state index in [-0.39, 0.29) is 5.97 Å². The molecule has 3 nitrogen and oxygen atoms in total. The highest BCUT2D eigenvalue weighted by Crippen LogP contribution is 2.23. The molecule has 0 radical (unpaired) electrons. The summed E-state index contributed by atoms with van der Waals surface area (Å²) in [5.41, 5.74) is 5.76. The van der Waals surface area contributed by atoms with Crippen molar-refractivity contribution in [2.24, 2.45) is 17.6 Å². The van der Waals surface area contributed by atoms with Crippen molar-refractivity contribution in [2.45, 2.75) is 58.4 Å². The maximum atomic E-state index is 11.6. The SMILES string of the molecule is CC(C)C[C@@H](N)C(=O)OCC1CCCCC1. The highest BCUT2D eigenvalue weighted by Gasteiger charge is 2.19. The molecule has 0 bridgehead atoms. The van der Waals surface area contributed by atoms with Gasteiger partial charge in [0, 0.05) is 0 Å². The average molecular weight is 227 g/mol. The second kappa shape index (κ2) is 6.89. The number of carbonyl (C=O) groups is 1. The van der Waals surface area contributed by atoms with Gasteiger partial charge in [0.25, 0.3) is 0 Å². The van der Waals surface area contributed by atoms with Gasteiger partial charge in [0.1, 0.15) is 6.04 Å². The molecule has 0 aliphatic heterocycles. The molecule has 0 saturated heterocycles. The van der Waals surface area contributed by atoms with Gasteiger partial charge in [-0.15, -0.1) is 0 Å². The first-order valence-electron chi connectivity index (χ1n) is 6.51. The molecule has 16 heavy (non-hydrogen) atoms. The van der Waals surface area contributed by atoms with Crippen molar-refractivity contribution in [3.8, 4) is 0 Å². The molecule has 1 fully saturated rings. The molecule has 3 heteroatoms. The van der Waals surface area contributed by atoms with E-state index in [1.54, 1.807) is 0 Å². The standard InChI is InChI=1S/C13H25NO2/c1-10(2)8-12(14)13(15)16-9-11-6-4-3-5-7-11/h10-12H,3-9,14H2,1-2H3/t12-/m1/s1. The Morgan fingerprint density at radius 3 is 2.50 bits per heavy atom. The Hall–Kier alpha value is -0.570. The Balaban J connectivity index is 2.17. The van der Waals surface area contributed by atoms with Gasteiger partial charge in [-0.25, -0.2) is 0 Å². The zero-order valence-corrected chi connectivity index (χ0v) is 10.6. The van der Waals surface area contributed by atoms with E-state index in [9.17, 15) is 4.79 Å². The summed E-state index contributed by atoms with van der Waals surface area (Å²) < 4.78 is 5.28. The Morgan fingerprint density at radius 2 is 1.94 bits per heavy atom. The minimum atomic E-state index is -0.441. The summed E-state index contributed by atoms with van der Waals surface area (Å²) in [6.07, 6.45) is 7.00. The van der Waals surface area contributed by atoms with E-state index in [1.807, 2.05) is 0 Å². The van der Waals surface area contributed by atoms with Gasteiger partial charge in [0.15, 0.2) is 0 Å². The lowest BCUT2D eigenvalue weighted by Crippen LogP contribution is -2.34. The lowest BCUT2D eigenvalue weighted by atomic mass is 9.90. The maximum absolute atomic E-state index is 11.6. The van der Waals surface area contributed by atoms with Gasteiger partial charge in [-0.2, -0.15) is 0 Å². The van der Waals surface area contributed by atoms with Crippen LogP contribution in [0.1, 0.15) is 52.4 Å². The van der Waals surface area contributed by atoms with Crippen molar-refractivity contribution >= 4 is 5.97 Å². The molecule has 0 aromatic heterocycles. The van der Waals surface area contributed by atoms with Crippen LogP contribution in [0.3, 0.4) is 0 Å². The summed E-state index contributed by atoms with van der Waals surface area (Å²) in [7, 11) is 0. The van der Waals surface area contributed by atoms with Gasteiger partial charge in [0.2, 0.25) is 0 Å². The zero-order chi connectivity index (χ0) is 12.0. The van der Waals surface area contributed by atoms with Crippen LogP contribution in [0.2, 0.25) is 0 Å². The first kappa shape index (κ1) is 13.5. The van der Waals surface area contributed by atoms with E-state index in [1.165, 1.54) is 32.1 Å². The van der Waals surface area contributed by atoms with E-state index in [0.717, 1.165) is 0 Å². The molecular formula is C13H25NO2. The summed E-state index contributed by atoms with van der Waals surface area (Å²) in [6.45, 7) is 4.70. The minimum absolute atomic E-state index is 0.223. The Labute approximate surface area is 98.7 Å². The predicted octanol–water partition coefficient (Wildman–Crippen LogP) is 2.48. The fourth-order valence-electron chi connectivity index (χ4n) is 2.26. The molecule has 1 saturated carbocycles. The maximum Gasteiger partial charge on any atom is 0.322 e. The molecule has 1 aliphatic rings. The monoisotopic (exact) mass is 227 g/mol. The molecule has 0 heterocycles. The summed E-state index contributed by atoms with van der Waals surface area (Å²) in [5.74, 6) is 0.792. The van der Waals surface area contributed by atoms with Crippen LogP contribution in [-0.4, -0.2) is 18.6 Å². The van der Waals surface area contributed by atoms with Crippen molar-refractivity contribution in [1.82, 2.24) is 0 Å². The molecule has 1 atom stereocenters. The number of carbonyl (C=O) groups excluding carboxylic acids is 1. The fourth-order valence-corrected chi connectivity index (χ4v) is 2.26. The van der Waals surface area contributed by atoms with Gasteiger partial charge in [-0.3, -0.25) is 4.79 Å². The molecule has 94 valence electrons. The van der Waals surface area contributed by atoms with Gasteiger partial charge < -0.3 is 10.5 Å². The van der Waals surface area contributed by atoms with Crippen LogP contribution in [0.25, 0.3) is 0 Å². The van der Waals surface area contributed by atoms with Gasteiger partial charge in [0.05, 0.1) is 6.61 Å². The average Bonchev–Trinajstić information content (AvgIpc) is 2.26. The van der Waals surface area contributed by atoms with E-state index in [4.69, 9.17) is 10.5 Å². The number of ether oxygens (including phenoxy) is 1. The molecule has 1 rings (SSSR count). The van der Waals surface area contributed by atoms with Crippen LogP contribution in [0.15, 0.2) is 0 Å². The topological polar surface area (TPSA) is 52.3 Å². The Morgan fingerprint density at radius 1 is 1.31 bits per heavy atom. The van der Waals surface area contributed by atoms with Gasteiger partial charge in [-0.05, 0) is 31.1 Å². The van der Waals surface area contributed by atoms with Crippen LogP contribution in [0, 0.1) is 11.8 Å². The Bertz CT molecular complexity index is 210. The lowest BCUT2D eigenvalue weighted by molar-refractivity contribution is -0.147. The number of hydrogen-bond acceptors (Lipinski definition) is 3. The van der Waals surface area contributed by atoms with E-state index < -0.39 is 6.04 Å². The van der Waals surface area contributed by atoms with Gasteiger partial charge in [-0.1, -0.05) is 33.1 Å². The van der Waals surface area contributed by atoms with Crippen LogP contribution >= 0.6 is 0 Å². The third-order valence-corrected chi connectivity index (χ3v) is 3.21. The highest BCUT2D eigenvalue weighted by atomic mass is 16.5. The molecule has 2 N–H and O–H groups in total. The Kier molecular flexibility index (Phi) is 5.81. The van der Waals surface area contributed by atoms with Crippen molar-refractivity contribution in [3.63, 3.8) is 0 Å². The second-order valence-corrected chi connectivity index (χ2v) is 5.37. The predicted molar refractivity (Wildman–Crippen MR) is 65.0 cm³/mol. The smallest absolute Gasteiger partial charge is 0.322 e. The van der Waals surface area contributed by atoms with Gasteiger partial charge >= 0.3 is 5.97 Å². The van der Waals surface area contributed by atoms with Crippen molar-refractivity contribution < 1.29 is 9.53 Å². The minimum Gasteiger partial charge on any atom is -0.464 e. The van der Waals surface area contributed by atoms with E-state index in [2.05, 4.69) is 13.8 Å². The van der Waals surface area contributed by atoms with Crippen LogP contribution in [0.5, 0.6) is 0 Å². The highest BCUT2D eigenvalue weighted by molar-refractivity contribution is 5.75. The van der Waals surface area contributed by atoms with Crippen molar-refractivity contribution in [1.29, 1.82) is 0 Å². The number of rotatable bonds is 5. The fraction of sp³-hybridized carbons (Fsp3) is 0.923. The van der Waals surface area contributed by atoms with E-state index >= 15 is 0 Å². The van der Waals surface area contributed by atoms with Crippen LogP contribution in [0.4, 0.5) is 0 Å². The largest absolute Gasteiger partial charge is 0.464 e. The molecular weight excluding hydrogens is 202 g/mol. The molecule has 0 spiro atoms. The third-order valence-electron chi connectivity index (χ3n) is 3.21. The lowest BCUT2D eigenvalue weighted by Gasteiger charge is -2.22. The summed E-state index contributed by atoms with van der Waals surface area (Å²) >= 11 is 0. The molecule has 0 aromatic rings. The van der Waals surface area contributed by atoms with Crippen molar-refractivity contribution in [2.75, 3.05) is 6.61 Å². The summed E-state index contributed by atoms with van der Waals surface area (Å²) in [4.78, 5) is 11.6. The third kappa shape index (κ3) is 4.97. The number of nitrogens with two attached hydrogens (primary N) is 1. The normalized spacial score (nSPS) is 19.8. The molecule has 0 unspecified atom stereocenters.